The summed E-state index contributed by atoms with van der Waals surface area (Å²) in [6.07, 6.45) is -0.303. The standard InChI is InChI=1S/C19H19ClFN3O2S/c1-12(26-14-9-7-13(25-3)8-10-14)18-22-23-19(24(18)2)27-11-15-16(20)5-4-6-17(15)21/h4-10,12H,11H2,1-3H3. The Balaban J connectivity index is 1.68. The smallest absolute Gasteiger partial charge is 0.191 e. The minimum Gasteiger partial charge on any atom is -0.497 e. The van der Waals surface area contributed by atoms with Crippen molar-refractivity contribution in [3.8, 4) is 11.5 Å². The fourth-order valence-corrected chi connectivity index (χ4v) is 3.79. The summed E-state index contributed by atoms with van der Waals surface area (Å²) in [4.78, 5) is 0. The van der Waals surface area contributed by atoms with Crippen molar-refractivity contribution in [3.63, 3.8) is 0 Å². The quantitative estimate of drug-likeness (QED) is 0.513. The van der Waals surface area contributed by atoms with Crippen LogP contribution in [0, 0.1) is 5.82 Å². The molecule has 8 heteroatoms. The van der Waals surface area contributed by atoms with Crippen molar-refractivity contribution in [2.75, 3.05) is 7.11 Å². The van der Waals surface area contributed by atoms with Gasteiger partial charge in [0, 0.05) is 23.4 Å². The van der Waals surface area contributed by atoms with E-state index < -0.39 is 0 Å². The van der Waals surface area contributed by atoms with Gasteiger partial charge in [0.2, 0.25) is 0 Å². The Morgan fingerprint density at radius 3 is 2.52 bits per heavy atom. The van der Waals surface area contributed by atoms with Gasteiger partial charge in [-0.15, -0.1) is 10.2 Å². The van der Waals surface area contributed by atoms with Gasteiger partial charge in [-0.25, -0.2) is 4.39 Å². The Hall–Kier alpha value is -2.25. The van der Waals surface area contributed by atoms with Gasteiger partial charge in [0.1, 0.15) is 17.3 Å². The van der Waals surface area contributed by atoms with Gasteiger partial charge in [-0.3, -0.25) is 0 Å². The molecule has 0 amide bonds. The minimum atomic E-state index is -0.325. The molecular formula is C19H19ClFN3O2S. The molecule has 27 heavy (non-hydrogen) atoms. The molecule has 1 aromatic heterocycles. The molecule has 0 fully saturated rings. The Morgan fingerprint density at radius 2 is 1.85 bits per heavy atom. The maximum atomic E-state index is 13.9. The molecule has 0 saturated carbocycles. The number of halogens is 2. The van der Waals surface area contributed by atoms with E-state index in [4.69, 9.17) is 21.1 Å². The van der Waals surface area contributed by atoms with Crippen molar-refractivity contribution in [3.05, 3.63) is 64.7 Å². The number of ether oxygens (including phenoxy) is 2. The van der Waals surface area contributed by atoms with Gasteiger partial charge in [-0.2, -0.15) is 0 Å². The second kappa shape index (κ2) is 8.63. The summed E-state index contributed by atoms with van der Waals surface area (Å²) in [5.74, 6) is 2.19. The third-order valence-electron chi connectivity index (χ3n) is 4.01. The van der Waals surface area contributed by atoms with Gasteiger partial charge in [-0.05, 0) is 43.3 Å². The molecular weight excluding hydrogens is 389 g/mol. The molecule has 0 saturated heterocycles. The summed E-state index contributed by atoms with van der Waals surface area (Å²) in [5, 5.41) is 9.47. The number of nitrogens with zero attached hydrogens (tertiary/aromatic N) is 3. The molecule has 5 nitrogen and oxygen atoms in total. The Morgan fingerprint density at radius 1 is 1.15 bits per heavy atom. The summed E-state index contributed by atoms with van der Waals surface area (Å²) in [6, 6.07) is 12.0. The molecule has 0 aliphatic rings. The molecule has 2 aromatic carbocycles. The average molecular weight is 408 g/mol. The Bertz CT molecular complexity index is 898. The van der Waals surface area contributed by atoms with Gasteiger partial charge < -0.3 is 14.0 Å². The molecule has 1 unspecified atom stereocenters. The summed E-state index contributed by atoms with van der Waals surface area (Å²) >= 11 is 7.45. The zero-order valence-electron chi connectivity index (χ0n) is 15.1. The highest BCUT2D eigenvalue weighted by Gasteiger charge is 2.18. The van der Waals surface area contributed by atoms with E-state index in [1.54, 1.807) is 19.2 Å². The molecule has 142 valence electrons. The number of hydrogen-bond donors (Lipinski definition) is 0. The third-order valence-corrected chi connectivity index (χ3v) is 5.41. The van der Waals surface area contributed by atoms with Crippen molar-refractivity contribution in [1.82, 2.24) is 14.8 Å². The topological polar surface area (TPSA) is 49.2 Å². The third kappa shape index (κ3) is 4.54. The molecule has 0 spiro atoms. The molecule has 1 heterocycles. The number of rotatable bonds is 7. The van der Waals surface area contributed by atoms with E-state index in [-0.39, 0.29) is 11.9 Å². The van der Waals surface area contributed by atoms with Gasteiger partial charge in [0.05, 0.1) is 7.11 Å². The van der Waals surface area contributed by atoms with Crippen LogP contribution in [0.3, 0.4) is 0 Å². The number of thioether (sulfide) groups is 1. The molecule has 3 aromatic rings. The highest BCUT2D eigenvalue weighted by atomic mass is 35.5. The summed E-state index contributed by atoms with van der Waals surface area (Å²) in [6.45, 7) is 1.90. The number of methoxy groups -OCH3 is 1. The van der Waals surface area contributed by atoms with Crippen LogP contribution in [0.4, 0.5) is 4.39 Å². The van der Waals surface area contributed by atoms with E-state index in [1.807, 2.05) is 42.8 Å². The summed E-state index contributed by atoms with van der Waals surface area (Å²) in [7, 11) is 3.47. The first-order valence-electron chi connectivity index (χ1n) is 8.25. The largest absolute Gasteiger partial charge is 0.497 e. The number of benzene rings is 2. The van der Waals surface area contributed by atoms with Crippen molar-refractivity contribution >= 4 is 23.4 Å². The van der Waals surface area contributed by atoms with Crippen LogP contribution in [-0.4, -0.2) is 21.9 Å². The zero-order valence-corrected chi connectivity index (χ0v) is 16.7. The SMILES string of the molecule is COc1ccc(OC(C)c2nnc(SCc3c(F)cccc3Cl)n2C)cc1. The van der Waals surface area contributed by atoms with Gasteiger partial charge in [-0.1, -0.05) is 29.4 Å². The highest BCUT2D eigenvalue weighted by Crippen LogP contribution is 2.29. The average Bonchev–Trinajstić information content (AvgIpc) is 3.03. The van der Waals surface area contributed by atoms with Crippen LogP contribution in [0.25, 0.3) is 0 Å². The van der Waals surface area contributed by atoms with Crippen LogP contribution < -0.4 is 9.47 Å². The zero-order chi connectivity index (χ0) is 19.4. The lowest BCUT2D eigenvalue weighted by Gasteiger charge is -2.14. The summed E-state index contributed by atoms with van der Waals surface area (Å²) < 4.78 is 26.8. The lowest BCUT2D eigenvalue weighted by molar-refractivity contribution is 0.211. The molecule has 0 bridgehead atoms. The minimum absolute atomic E-state index is 0.303. The number of hydrogen-bond acceptors (Lipinski definition) is 5. The second-order valence-electron chi connectivity index (χ2n) is 5.82. The van der Waals surface area contributed by atoms with Gasteiger partial charge >= 0.3 is 0 Å². The first-order valence-corrected chi connectivity index (χ1v) is 9.61. The maximum Gasteiger partial charge on any atom is 0.191 e. The predicted octanol–water partition coefficient (Wildman–Crippen LogP) is 5.05. The molecule has 0 radical (unpaired) electrons. The van der Waals surface area contributed by atoms with Crippen LogP contribution >= 0.6 is 23.4 Å². The van der Waals surface area contributed by atoms with Crippen LogP contribution in [0.2, 0.25) is 5.02 Å². The predicted molar refractivity (Wildman–Crippen MR) is 104 cm³/mol. The van der Waals surface area contributed by atoms with E-state index in [9.17, 15) is 4.39 Å². The van der Waals surface area contributed by atoms with Crippen LogP contribution in [0.5, 0.6) is 11.5 Å². The fourth-order valence-electron chi connectivity index (χ4n) is 2.52. The maximum absolute atomic E-state index is 13.9. The van der Waals surface area contributed by atoms with Gasteiger partial charge in [0.25, 0.3) is 0 Å². The molecule has 3 rings (SSSR count). The van der Waals surface area contributed by atoms with Crippen molar-refractivity contribution in [1.29, 1.82) is 0 Å². The van der Waals surface area contributed by atoms with E-state index in [0.717, 1.165) is 5.75 Å². The lowest BCUT2D eigenvalue weighted by Crippen LogP contribution is -2.10. The fraction of sp³-hybridized carbons (Fsp3) is 0.263. The molecule has 0 aliphatic carbocycles. The molecule has 1 atom stereocenters. The van der Waals surface area contributed by atoms with E-state index in [0.29, 0.717) is 33.1 Å². The van der Waals surface area contributed by atoms with Crippen LogP contribution in [0.1, 0.15) is 24.4 Å². The van der Waals surface area contributed by atoms with Crippen LogP contribution in [0.15, 0.2) is 47.6 Å². The monoisotopic (exact) mass is 407 g/mol. The van der Waals surface area contributed by atoms with Crippen LogP contribution in [-0.2, 0) is 12.8 Å². The summed E-state index contributed by atoms with van der Waals surface area (Å²) in [5.41, 5.74) is 0.455. The molecule has 0 N–H and O–H groups in total. The second-order valence-corrected chi connectivity index (χ2v) is 7.17. The Kier molecular flexibility index (Phi) is 6.23. The van der Waals surface area contributed by atoms with E-state index in [1.165, 1.54) is 17.8 Å². The first-order chi connectivity index (χ1) is 13.0. The van der Waals surface area contributed by atoms with Gasteiger partial charge in [0.15, 0.2) is 17.1 Å². The Labute approximate surface area is 166 Å². The number of aromatic nitrogens is 3. The molecule has 0 aliphatic heterocycles. The van der Waals surface area contributed by atoms with Crippen molar-refractivity contribution in [2.45, 2.75) is 23.9 Å². The van der Waals surface area contributed by atoms with Crippen molar-refractivity contribution in [2.24, 2.45) is 7.05 Å². The lowest BCUT2D eigenvalue weighted by atomic mass is 10.2. The van der Waals surface area contributed by atoms with Crippen molar-refractivity contribution < 1.29 is 13.9 Å². The normalized spacial score (nSPS) is 12.0. The van der Waals surface area contributed by atoms with E-state index >= 15 is 0 Å². The highest BCUT2D eigenvalue weighted by molar-refractivity contribution is 7.98. The first kappa shape index (κ1) is 19.5. The van der Waals surface area contributed by atoms with E-state index in [2.05, 4.69) is 10.2 Å².